The zero-order chi connectivity index (χ0) is 10.6. The van der Waals surface area contributed by atoms with Gasteiger partial charge >= 0.3 is 0 Å². The Morgan fingerprint density at radius 2 is 1.93 bits per heavy atom. The van der Waals surface area contributed by atoms with Gasteiger partial charge in [0.05, 0.1) is 5.69 Å². The van der Waals surface area contributed by atoms with Crippen LogP contribution in [-0.4, -0.2) is 6.04 Å². The van der Waals surface area contributed by atoms with E-state index in [9.17, 15) is 4.39 Å². The third-order valence-electron chi connectivity index (χ3n) is 2.46. The highest BCUT2D eigenvalue weighted by atomic mass is 19.1. The van der Waals surface area contributed by atoms with Crippen LogP contribution in [0.4, 0.5) is 10.1 Å². The monoisotopic (exact) mass is 195 g/mol. The minimum atomic E-state index is -0.174. The fraction of sp³-hybridized carbons (Fsp3) is 0.500. The Hall–Kier alpha value is -1.05. The third kappa shape index (κ3) is 2.72. The highest BCUT2D eigenvalue weighted by molar-refractivity contribution is 5.45. The highest BCUT2D eigenvalue weighted by Crippen LogP contribution is 2.17. The fourth-order valence-electron chi connectivity index (χ4n) is 1.52. The molecule has 1 atom stereocenters. The normalized spacial score (nSPS) is 12.9. The number of para-hydroxylation sites is 1. The Kier molecular flexibility index (Phi) is 3.93. The predicted octanol–water partition coefficient (Wildman–Crippen LogP) is 3.67. The van der Waals surface area contributed by atoms with Gasteiger partial charge < -0.3 is 5.32 Å². The van der Waals surface area contributed by atoms with E-state index in [0.717, 1.165) is 6.42 Å². The molecule has 0 spiro atoms. The summed E-state index contributed by atoms with van der Waals surface area (Å²) in [5, 5.41) is 3.22. The molecule has 0 bridgehead atoms. The molecule has 0 fully saturated rings. The largest absolute Gasteiger partial charge is 0.380 e. The number of hydrogen-bond acceptors (Lipinski definition) is 1. The van der Waals surface area contributed by atoms with E-state index in [1.807, 2.05) is 6.07 Å². The first-order chi connectivity index (χ1) is 6.65. The van der Waals surface area contributed by atoms with Crippen LogP contribution in [0.3, 0.4) is 0 Å². The summed E-state index contributed by atoms with van der Waals surface area (Å²) in [5.74, 6) is 0.339. The minimum Gasteiger partial charge on any atom is -0.380 e. The van der Waals surface area contributed by atoms with Crippen molar-refractivity contribution >= 4 is 5.69 Å². The molecule has 0 aliphatic heterocycles. The van der Waals surface area contributed by atoms with Gasteiger partial charge in [0.25, 0.3) is 0 Å². The lowest BCUT2D eigenvalue weighted by Gasteiger charge is -2.22. The summed E-state index contributed by atoms with van der Waals surface area (Å²) in [6.07, 6.45) is 1.01. The van der Waals surface area contributed by atoms with Crippen molar-refractivity contribution in [1.82, 2.24) is 0 Å². The van der Waals surface area contributed by atoms with Crippen molar-refractivity contribution in [3.05, 3.63) is 30.1 Å². The molecular weight excluding hydrogens is 177 g/mol. The van der Waals surface area contributed by atoms with Crippen LogP contribution >= 0.6 is 0 Å². The molecule has 0 unspecified atom stereocenters. The highest BCUT2D eigenvalue weighted by Gasteiger charge is 2.11. The quantitative estimate of drug-likeness (QED) is 0.773. The van der Waals surface area contributed by atoms with Gasteiger partial charge in [0.1, 0.15) is 5.82 Å². The lowest BCUT2D eigenvalue weighted by atomic mass is 10.0. The van der Waals surface area contributed by atoms with Crippen molar-refractivity contribution in [3.63, 3.8) is 0 Å². The Balaban J connectivity index is 2.72. The van der Waals surface area contributed by atoms with Crippen molar-refractivity contribution in [2.75, 3.05) is 5.32 Å². The maximum Gasteiger partial charge on any atom is 0.146 e. The molecule has 1 N–H and O–H groups in total. The Morgan fingerprint density at radius 3 is 2.43 bits per heavy atom. The SMILES string of the molecule is CC[C@@H](Nc1ccccc1F)C(C)C. The number of rotatable bonds is 4. The van der Waals surface area contributed by atoms with Gasteiger partial charge in [0, 0.05) is 6.04 Å². The van der Waals surface area contributed by atoms with E-state index in [1.165, 1.54) is 6.07 Å². The van der Waals surface area contributed by atoms with E-state index in [2.05, 4.69) is 26.1 Å². The first-order valence-corrected chi connectivity index (χ1v) is 5.16. The van der Waals surface area contributed by atoms with E-state index in [-0.39, 0.29) is 5.82 Å². The standard InChI is InChI=1S/C12H18FN/c1-4-11(9(2)3)14-12-8-6-5-7-10(12)13/h5-9,11,14H,4H2,1-3H3/t11-/m1/s1. The molecule has 0 radical (unpaired) electrons. The first kappa shape index (κ1) is 11.0. The molecule has 0 aliphatic carbocycles. The molecule has 1 nitrogen and oxygen atoms in total. The molecule has 0 heterocycles. The van der Waals surface area contributed by atoms with E-state index in [1.54, 1.807) is 12.1 Å². The van der Waals surface area contributed by atoms with E-state index < -0.39 is 0 Å². The van der Waals surface area contributed by atoms with Crippen molar-refractivity contribution in [3.8, 4) is 0 Å². The van der Waals surface area contributed by atoms with Crippen LogP contribution in [0.2, 0.25) is 0 Å². The number of benzene rings is 1. The Labute approximate surface area is 85.3 Å². The second-order valence-electron chi connectivity index (χ2n) is 3.88. The maximum absolute atomic E-state index is 13.3. The molecular formula is C12H18FN. The second kappa shape index (κ2) is 4.99. The lowest BCUT2D eigenvalue weighted by Crippen LogP contribution is -2.25. The summed E-state index contributed by atoms with van der Waals surface area (Å²) >= 11 is 0. The van der Waals surface area contributed by atoms with Crippen molar-refractivity contribution in [2.45, 2.75) is 33.2 Å². The second-order valence-corrected chi connectivity index (χ2v) is 3.88. The molecule has 0 amide bonds. The number of anilines is 1. The van der Waals surface area contributed by atoms with E-state index >= 15 is 0 Å². The average Bonchev–Trinajstić information content (AvgIpc) is 2.16. The van der Waals surface area contributed by atoms with Gasteiger partial charge in [-0.15, -0.1) is 0 Å². The van der Waals surface area contributed by atoms with Crippen molar-refractivity contribution in [2.24, 2.45) is 5.92 Å². The van der Waals surface area contributed by atoms with Gasteiger partial charge in [-0.25, -0.2) is 4.39 Å². The van der Waals surface area contributed by atoms with Crippen molar-refractivity contribution in [1.29, 1.82) is 0 Å². The average molecular weight is 195 g/mol. The molecule has 0 saturated carbocycles. The molecule has 0 aromatic heterocycles. The summed E-state index contributed by atoms with van der Waals surface area (Å²) in [7, 11) is 0. The molecule has 1 rings (SSSR count). The third-order valence-corrected chi connectivity index (χ3v) is 2.46. The van der Waals surface area contributed by atoms with Gasteiger partial charge in [-0.2, -0.15) is 0 Å². The van der Waals surface area contributed by atoms with Crippen LogP contribution in [0.5, 0.6) is 0 Å². The van der Waals surface area contributed by atoms with Crippen molar-refractivity contribution < 1.29 is 4.39 Å². The Bertz CT molecular complexity index is 283. The smallest absolute Gasteiger partial charge is 0.146 e. The summed E-state index contributed by atoms with van der Waals surface area (Å²) < 4.78 is 13.3. The van der Waals surface area contributed by atoms with E-state index in [0.29, 0.717) is 17.6 Å². The topological polar surface area (TPSA) is 12.0 Å². The summed E-state index contributed by atoms with van der Waals surface area (Å²) in [5.41, 5.74) is 0.605. The molecule has 0 aliphatic rings. The number of halogens is 1. The zero-order valence-electron chi connectivity index (χ0n) is 9.05. The van der Waals surface area contributed by atoms with Crippen LogP contribution in [0, 0.1) is 11.7 Å². The fourth-order valence-corrected chi connectivity index (χ4v) is 1.52. The van der Waals surface area contributed by atoms with E-state index in [4.69, 9.17) is 0 Å². The zero-order valence-corrected chi connectivity index (χ0v) is 9.05. The van der Waals surface area contributed by atoms with Crippen LogP contribution in [-0.2, 0) is 0 Å². The molecule has 1 aromatic carbocycles. The molecule has 2 heteroatoms. The summed E-state index contributed by atoms with van der Waals surface area (Å²) in [4.78, 5) is 0. The first-order valence-electron chi connectivity index (χ1n) is 5.16. The van der Waals surface area contributed by atoms with Crippen LogP contribution < -0.4 is 5.32 Å². The van der Waals surface area contributed by atoms with Crippen LogP contribution in [0.25, 0.3) is 0 Å². The number of nitrogens with one attached hydrogen (secondary N) is 1. The van der Waals surface area contributed by atoms with Gasteiger partial charge in [-0.3, -0.25) is 0 Å². The van der Waals surface area contributed by atoms with Gasteiger partial charge in [-0.1, -0.05) is 32.9 Å². The summed E-state index contributed by atoms with van der Waals surface area (Å²) in [6, 6.07) is 7.15. The van der Waals surface area contributed by atoms with Gasteiger partial charge in [0.15, 0.2) is 0 Å². The Morgan fingerprint density at radius 1 is 1.29 bits per heavy atom. The van der Waals surface area contributed by atoms with Gasteiger partial charge in [0.2, 0.25) is 0 Å². The number of hydrogen-bond donors (Lipinski definition) is 1. The molecule has 78 valence electrons. The molecule has 0 saturated heterocycles. The predicted molar refractivity (Wildman–Crippen MR) is 58.9 cm³/mol. The van der Waals surface area contributed by atoms with Crippen LogP contribution in [0.15, 0.2) is 24.3 Å². The summed E-state index contributed by atoms with van der Waals surface area (Å²) in [6.45, 7) is 6.39. The maximum atomic E-state index is 13.3. The van der Waals surface area contributed by atoms with Gasteiger partial charge in [-0.05, 0) is 24.5 Å². The minimum absolute atomic E-state index is 0.174. The molecule has 1 aromatic rings. The van der Waals surface area contributed by atoms with Crippen LogP contribution in [0.1, 0.15) is 27.2 Å². The molecule has 14 heavy (non-hydrogen) atoms. The lowest BCUT2D eigenvalue weighted by molar-refractivity contribution is 0.507.